The lowest BCUT2D eigenvalue weighted by atomic mass is 10.1. The van der Waals surface area contributed by atoms with Crippen LogP contribution >= 0.6 is 0 Å². The molecule has 1 radical (unpaired) electrons. The minimum atomic E-state index is -0.351. The van der Waals surface area contributed by atoms with E-state index in [-0.39, 0.29) is 17.2 Å². The minimum Gasteiger partial charge on any atom is -0.492 e. The third-order valence-electron chi connectivity index (χ3n) is 4.40. The molecule has 2 aromatic carbocycles. The number of aliphatic hydroxyl groups excluding tert-OH is 1. The third-order valence-corrected chi connectivity index (χ3v) is 4.40. The minimum absolute atomic E-state index is 0. The summed E-state index contributed by atoms with van der Waals surface area (Å²) in [6, 6.07) is 13.4. The second kappa shape index (κ2) is 6.80. The second-order valence-corrected chi connectivity index (χ2v) is 6.14. The number of benzene rings is 2. The predicted octanol–water partition coefficient (Wildman–Crippen LogP) is 2.47. The van der Waals surface area contributed by atoms with E-state index in [1.165, 1.54) is 17.1 Å². The summed E-state index contributed by atoms with van der Waals surface area (Å²) in [7, 11) is 0. The number of aliphatic imine (C=N–C) groups is 1. The van der Waals surface area contributed by atoms with Gasteiger partial charge in [0.25, 0.3) is 0 Å². The molecule has 28 heavy (non-hydrogen) atoms. The molecule has 0 fully saturated rings. The Morgan fingerprint density at radius 2 is 1.79 bits per heavy atom. The summed E-state index contributed by atoms with van der Waals surface area (Å²) in [6.45, 7) is 0.428. The van der Waals surface area contributed by atoms with Crippen LogP contribution in [0.1, 0.15) is 0 Å². The summed E-state index contributed by atoms with van der Waals surface area (Å²) in [5.74, 6) is -0.412. The van der Waals surface area contributed by atoms with Gasteiger partial charge in [-0.1, -0.05) is 12.1 Å². The Hall–Kier alpha value is -3.69. The molecular formula is C19H16FN6O2. The van der Waals surface area contributed by atoms with E-state index >= 15 is 0 Å². The van der Waals surface area contributed by atoms with Crippen LogP contribution in [0.4, 0.5) is 21.5 Å². The van der Waals surface area contributed by atoms with Gasteiger partial charge in [0.1, 0.15) is 11.5 Å². The van der Waals surface area contributed by atoms with Crippen LogP contribution in [-0.4, -0.2) is 25.8 Å². The van der Waals surface area contributed by atoms with E-state index in [0.29, 0.717) is 23.6 Å². The van der Waals surface area contributed by atoms with Crippen LogP contribution in [0.2, 0.25) is 0 Å². The first-order chi connectivity index (χ1) is 13.2. The lowest BCUT2D eigenvalue weighted by Gasteiger charge is -2.26. The van der Waals surface area contributed by atoms with E-state index in [0.717, 1.165) is 11.4 Å². The number of nitrogens with zero attached hydrogens (tertiary/aromatic N) is 6. The van der Waals surface area contributed by atoms with Crippen LogP contribution in [0.25, 0.3) is 0 Å². The quantitative estimate of drug-likeness (QED) is 0.755. The standard InChI is InChI=1S/C19H14FN6O.H2O/c20-13-5-7-14(8-6-13)25-19(27)18-16(11-24-10-9-21-12-24)22-15-3-1-2-4-17(15)26(18)23-25;/h1-10,12,27H,11H2;1H2. The molecule has 0 aliphatic carbocycles. The van der Waals surface area contributed by atoms with Gasteiger partial charge in [-0.15, -0.1) is 0 Å². The van der Waals surface area contributed by atoms with Gasteiger partial charge in [0.05, 0.1) is 35.6 Å². The van der Waals surface area contributed by atoms with Crippen LogP contribution in [0.5, 0.6) is 0 Å². The fourth-order valence-corrected chi connectivity index (χ4v) is 3.15. The number of aromatic nitrogens is 2. The van der Waals surface area contributed by atoms with Crippen LogP contribution in [0, 0.1) is 5.82 Å². The van der Waals surface area contributed by atoms with Crippen molar-refractivity contribution in [2.75, 3.05) is 10.0 Å². The van der Waals surface area contributed by atoms with Crippen molar-refractivity contribution in [2.24, 2.45) is 4.99 Å². The van der Waals surface area contributed by atoms with Gasteiger partial charge in [-0.3, -0.25) is 0 Å². The van der Waals surface area contributed by atoms with Gasteiger partial charge in [-0.2, -0.15) is 0 Å². The van der Waals surface area contributed by atoms with Crippen molar-refractivity contribution in [1.82, 2.24) is 15.1 Å². The third kappa shape index (κ3) is 2.79. The Kier molecular flexibility index (Phi) is 4.30. The average Bonchev–Trinajstić information content (AvgIpc) is 3.31. The van der Waals surface area contributed by atoms with E-state index in [4.69, 9.17) is 4.99 Å². The van der Waals surface area contributed by atoms with Gasteiger partial charge in [0, 0.05) is 12.4 Å². The highest BCUT2D eigenvalue weighted by molar-refractivity contribution is 6.09. The fraction of sp³-hybridized carbons (Fsp3) is 0.0526. The highest BCUT2D eigenvalue weighted by Crippen LogP contribution is 2.40. The highest BCUT2D eigenvalue weighted by atomic mass is 19.1. The molecule has 9 heteroatoms. The van der Waals surface area contributed by atoms with Gasteiger partial charge >= 0.3 is 0 Å². The molecule has 2 aliphatic heterocycles. The SMILES string of the molecule is O.OC1=C2C(Cn3ccnc3)=Nc3ccccc3N2[N]N1c1ccc(F)cc1. The number of imidazole rings is 1. The molecule has 0 bridgehead atoms. The number of allylic oxidation sites excluding steroid dienone is 1. The number of para-hydroxylation sites is 2. The molecule has 3 heterocycles. The van der Waals surface area contributed by atoms with E-state index in [1.807, 2.05) is 35.0 Å². The van der Waals surface area contributed by atoms with Gasteiger partial charge in [-0.25, -0.2) is 24.4 Å². The van der Waals surface area contributed by atoms with Crippen molar-refractivity contribution in [3.05, 3.63) is 84.6 Å². The highest BCUT2D eigenvalue weighted by Gasteiger charge is 2.39. The number of halogens is 1. The second-order valence-electron chi connectivity index (χ2n) is 6.14. The maximum atomic E-state index is 13.3. The summed E-state index contributed by atoms with van der Waals surface area (Å²) in [6.07, 6.45) is 5.21. The Morgan fingerprint density at radius 3 is 2.54 bits per heavy atom. The smallest absolute Gasteiger partial charge is 0.237 e. The van der Waals surface area contributed by atoms with Crippen molar-refractivity contribution >= 4 is 22.8 Å². The van der Waals surface area contributed by atoms with Crippen molar-refractivity contribution in [3.63, 3.8) is 0 Å². The van der Waals surface area contributed by atoms with E-state index in [9.17, 15) is 9.50 Å². The van der Waals surface area contributed by atoms with Crippen molar-refractivity contribution in [1.29, 1.82) is 0 Å². The number of rotatable bonds is 3. The molecule has 2 aliphatic rings. The summed E-state index contributed by atoms with van der Waals surface area (Å²) in [5, 5.41) is 13.9. The molecule has 1 aromatic heterocycles. The van der Waals surface area contributed by atoms with E-state index in [1.54, 1.807) is 29.7 Å². The van der Waals surface area contributed by atoms with Gasteiger partial charge in [0.15, 0.2) is 0 Å². The summed E-state index contributed by atoms with van der Waals surface area (Å²) < 4.78 is 15.1. The predicted molar refractivity (Wildman–Crippen MR) is 103 cm³/mol. The van der Waals surface area contributed by atoms with Crippen LogP contribution in [0.15, 0.2) is 83.8 Å². The number of aliphatic hydroxyl groups is 1. The zero-order valence-corrected chi connectivity index (χ0v) is 14.6. The molecule has 8 nitrogen and oxygen atoms in total. The Bertz CT molecular complexity index is 1060. The Morgan fingerprint density at radius 1 is 1.00 bits per heavy atom. The molecule has 0 unspecified atom stereocenters. The van der Waals surface area contributed by atoms with Gasteiger partial charge < -0.3 is 15.1 Å². The number of hydrogen-bond acceptors (Lipinski definition) is 5. The normalized spacial score (nSPS) is 15.1. The topological polar surface area (TPSA) is 102 Å². The fourth-order valence-electron chi connectivity index (χ4n) is 3.15. The molecule has 5 rings (SSSR count). The molecule has 141 valence electrons. The Labute approximate surface area is 159 Å². The largest absolute Gasteiger partial charge is 0.492 e. The molecule has 0 amide bonds. The molecule has 0 saturated carbocycles. The number of fused-ring (bicyclic) bond motifs is 3. The lowest BCUT2D eigenvalue weighted by Crippen LogP contribution is -2.37. The molecular weight excluding hydrogens is 363 g/mol. The molecule has 3 aromatic rings. The van der Waals surface area contributed by atoms with Crippen molar-refractivity contribution in [2.45, 2.75) is 6.54 Å². The van der Waals surface area contributed by atoms with E-state index < -0.39 is 0 Å². The van der Waals surface area contributed by atoms with Crippen LogP contribution in [-0.2, 0) is 6.54 Å². The number of anilines is 2. The van der Waals surface area contributed by atoms with Crippen LogP contribution in [0.3, 0.4) is 0 Å². The Balaban J connectivity index is 0.00000192. The van der Waals surface area contributed by atoms with Gasteiger partial charge in [-0.05, 0) is 41.9 Å². The van der Waals surface area contributed by atoms with Crippen molar-refractivity contribution < 1.29 is 15.0 Å². The monoisotopic (exact) mass is 379 g/mol. The zero-order chi connectivity index (χ0) is 18.4. The maximum absolute atomic E-state index is 13.3. The van der Waals surface area contributed by atoms with Gasteiger partial charge in [0.2, 0.25) is 5.88 Å². The first-order valence-corrected chi connectivity index (χ1v) is 8.34. The molecule has 0 spiro atoms. The first kappa shape index (κ1) is 17.7. The lowest BCUT2D eigenvalue weighted by molar-refractivity contribution is 0.387. The zero-order valence-electron chi connectivity index (χ0n) is 14.6. The van der Waals surface area contributed by atoms with Crippen molar-refractivity contribution in [3.8, 4) is 0 Å². The molecule has 0 saturated heterocycles. The van der Waals surface area contributed by atoms with E-state index in [2.05, 4.69) is 10.5 Å². The van der Waals surface area contributed by atoms with Crippen LogP contribution < -0.4 is 15.6 Å². The average molecular weight is 379 g/mol. The maximum Gasteiger partial charge on any atom is 0.237 e. The number of hydrogen-bond donors (Lipinski definition) is 1. The molecule has 0 atom stereocenters. The summed E-state index contributed by atoms with van der Waals surface area (Å²) in [4.78, 5) is 8.77. The summed E-state index contributed by atoms with van der Waals surface area (Å²) in [5.41, 5.74) is 7.74. The summed E-state index contributed by atoms with van der Waals surface area (Å²) >= 11 is 0. The molecule has 3 N–H and O–H groups in total. The first-order valence-electron chi connectivity index (χ1n) is 8.34.